The number of hydrogen-bond donors (Lipinski definition) is 0. The molecule has 4 rings (SSSR count). The van der Waals surface area contributed by atoms with Gasteiger partial charge in [-0.1, -0.05) is 43.0 Å². The van der Waals surface area contributed by atoms with Gasteiger partial charge in [-0.15, -0.1) is 0 Å². The SMILES string of the molecule is CC(C)C1CCC2C3C(OCCN=[N+]=[N-])CC4CC(OCCN=[N+]=[N-])CCC4(C)C3CC(OCCN=[N+]=[N-])C12C. The molecule has 0 aromatic heterocycles. The number of ether oxygens (including phenoxy) is 3. The molecule has 4 aliphatic carbocycles. The highest BCUT2D eigenvalue weighted by atomic mass is 16.5. The van der Waals surface area contributed by atoms with Crippen molar-refractivity contribution in [3.8, 4) is 0 Å². The van der Waals surface area contributed by atoms with Crippen molar-refractivity contribution >= 4 is 0 Å². The summed E-state index contributed by atoms with van der Waals surface area (Å²) in [5.74, 6) is 2.95. The molecule has 0 saturated heterocycles. The van der Waals surface area contributed by atoms with Gasteiger partial charge in [0.15, 0.2) is 0 Å². The Hall–Kier alpha value is -2.19. The second-order valence-electron chi connectivity index (χ2n) is 13.2. The van der Waals surface area contributed by atoms with Crippen LogP contribution in [0.15, 0.2) is 15.3 Å². The van der Waals surface area contributed by atoms with E-state index in [4.69, 9.17) is 30.8 Å². The van der Waals surface area contributed by atoms with Crippen LogP contribution in [-0.2, 0) is 14.2 Å². The second-order valence-corrected chi connectivity index (χ2v) is 13.2. The summed E-state index contributed by atoms with van der Waals surface area (Å²) < 4.78 is 19.5. The van der Waals surface area contributed by atoms with E-state index in [0.29, 0.717) is 75.0 Å². The number of azide groups is 3. The first-order valence-corrected chi connectivity index (χ1v) is 15.2. The van der Waals surface area contributed by atoms with Crippen LogP contribution in [0.5, 0.6) is 0 Å². The summed E-state index contributed by atoms with van der Waals surface area (Å²) in [5.41, 5.74) is 26.4. The van der Waals surface area contributed by atoms with Gasteiger partial charge in [-0.2, -0.15) is 0 Å². The molecule has 0 bridgehead atoms. The summed E-state index contributed by atoms with van der Waals surface area (Å²) >= 11 is 0. The maximum atomic E-state index is 8.81. The van der Waals surface area contributed by atoms with Crippen LogP contribution in [0.25, 0.3) is 31.3 Å². The monoisotopic (exact) mass is 557 g/mol. The Morgan fingerprint density at radius 2 is 1.40 bits per heavy atom. The first-order valence-electron chi connectivity index (χ1n) is 15.2. The summed E-state index contributed by atoms with van der Waals surface area (Å²) in [6, 6.07) is 0. The van der Waals surface area contributed by atoms with Crippen molar-refractivity contribution in [1.29, 1.82) is 0 Å². The molecular formula is C28H47N9O3. The van der Waals surface area contributed by atoms with Gasteiger partial charge in [0.05, 0.1) is 38.1 Å². The van der Waals surface area contributed by atoms with Crippen molar-refractivity contribution in [3.05, 3.63) is 31.3 Å². The van der Waals surface area contributed by atoms with E-state index < -0.39 is 0 Å². The maximum Gasteiger partial charge on any atom is 0.0637 e. The third-order valence-corrected chi connectivity index (χ3v) is 11.3. The molecule has 0 radical (unpaired) electrons. The van der Waals surface area contributed by atoms with Crippen molar-refractivity contribution in [2.45, 2.75) is 91.0 Å². The highest BCUT2D eigenvalue weighted by Gasteiger charge is 2.66. The molecule has 0 aliphatic heterocycles. The fourth-order valence-electron chi connectivity index (χ4n) is 9.67. The standard InChI is InChI=1S/C28H47N9O3/c1-18(2)21-5-6-22-26-23(17-25(28(21,22)4)40-14-11-34-37-31)27(3)8-7-20(38-12-9-32-35-29)15-19(27)16-24(26)39-13-10-33-36-30/h18-26H,5-17H2,1-4H3. The minimum Gasteiger partial charge on any atom is -0.378 e. The van der Waals surface area contributed by atoms with E-state index >= 15 is 0 Å². The van der Waals surface area contributed by atoms with Crippen molar-refractivity contribution in [1.82, 2.24) is 0 Å². The van der Waals surface area contributed by atoms with Crippen molar-refractivity contribution in [2.75, 3.05) is 39.5 Å². The average Bonchev–Trinajstić information content (AvgIpc) is 3.30. The zero-order valence-electron chi connectivity index (χ0n) is 24.6. The van der Waals surface area contributed by atoms with Gasteiger partial charge in [0.1, 0.15) is 0 Å². The van der Waals surface area contributed by atoms with E-state index in [0.717, 1.165) is 32.1 Å². The van der Waals surface area contributed by atoms with E-state index in [1.165, 1.54) is 12.8 Å². The Morgan fingerprint density at radius 1 is 0.775 bits per heavy atom. The van der Waals surface area contributed by atoms with Crippen molar-refractivity contribution in [3.63, 3.8) is 0 Å². The quantitative estimate of drug-likeness (QED) is 0.0982. The summed E-state index contributed by atoms with van der Waals surface area (Å²) in [6.07, 6.45) is 7.82. The predicted octanol–water partition coefficient (Wildman–Crippen LogP) is 7.61. The van der Waals surface area contributed by atoms with Crippen LogP contribution >= 0.6 is 0 Å². The van der Waals surface area contributed by atoms with Gasteiger partial charge < -0.3 is 14.2 Å². The lowest BCUT2D eigenvalue weighted by Gasteiger charge is -2.64. The van der Waals surface area contributed by atoms with Crippen LogP contribution in [0, 0.1) is 46.3 Å². The van der Waals surface area contributed by atoms with E-state index in [1.54, 1.807) is 0 Å². The van der Waals surface area contributed by atoms with Gasteiger partial charge in [-0.05, 0) is 102 Å². The molecule has 4 saturated carbocycles. The molecule has 0 amide bonds. The van der Waals surface area contributed by atoms with Crippen LogP contribution in [0.2, 0.25) is 0 Å². The molecule has 0 aromatic carbocycles. The number of rotatable bonds is 13. The Labute approximate surface area is 237 Å². The molecule has 12 heteroatoms. The smallest absolute Gasteiger partial charge is 0.0637 e. The molecule has 10 unspecified atom stereocenters. The summed E-state index contributed by atoms with van der Waals surface area (Å²) in [7, 11) is 0. The Kier molecular flexibility index (Phi) is 10.5. The second kappa shape index (κ2) is 13.6. The van der Waals surface area contributed by atoms with Gasteiger partial charge >= 0.3 is 0 Å². The fourth-order valence-corrected chi connectivity index (χ4v) is 9.67. The van der Waals surface area contributed by atoms with Gasteiger partial charge in [-0.3, -0.25) is 0 Å². The highest BCUT2D eigenvalue weighted by Crippen LogP contribution is 2.69. The van der Waals surface area contributed by atoms with E-state index in [2.05, 4.69) is 57.8 Å². The van der Waals surface area contributed by atoms with Gasteiger partial charge in [0.25, 0.3) is 0 Å². The zero-order chi connectivity index (χ0) is 28.8. The van der Waals surface area contributed by atoms with Crippen LogP contribution in [0.4, 0.5) is 0 Å². The zero-order valence-corrected chi connectivity index (χ0v) is 24.6. The van der Waals surface area contributed by atoms with Crippen LogP contribution in [0.3, 0.4) is 0 Å². The number of nitrogens with zero attached hydrogens (tertiary/aromatic N) is 9. The van der Waals surface area contributed by atoms with Crippen molar-refractivity contribution in [2.24, 2.45) is 61.7 Å². The number of fused-ring (bicyclic) bond motifs is 5. The minimum atomic E-state index is 0.0306. The lowest BCUT2D eigenvalue weighted by molar-refractivity contribution is -0.226. The molecule has 4 fully saturated rings. The molecule has 0 heterocycles. The summed E-state index contributed by atoms with van der Waals surface area (Å²) in [4.78, 5) is 8.70. The molecule has 4 aliphatic rings. The Bertz CT molecular complexity index is 1010. The maximum absolute atomic E-state index is 8.81. The third kappa shape index (κ3) is 6.03. The van der Waals surface area contributed by atoms with Gasteiger partial charge in [0.2, 0.25) is 0 Å². The average molecular weight is 558 g/mol. The Balaban J connectivity index is 1.63. The molecule has 40 heavy (non-hydrogen) atoms. The van der Waals surface area contributed by atoms with Crippen LogP contribution in [0.1, 0.15) is 72.6 Å². The summed E-state index contributed by atoms with van der Waals surface area (Å²) in [6.45, 7) is 12.1. The minimum absolute atomic E-state index is 0.0306. The first-order chi connectivity index (χ1) is 19.3. The molecular weight excluding hydrogens is 510 g/mol. The van der Waals surface area contributed by atoms with Crippen LogP contribution in [-0.4, -0.2) is 57.8 Å². The van der Waals surface area contributed by atoms with Crippen molar-refractivity contribution < 1.29 is 14.2 Å². The molecule has 222 valence electrons. The van der Waals surface area contributed by atoms with Gasteiger partial charge in [-0.25, -0.2) is 0 Å². The van der Waals surface area contributed by atoms with Gasteiger partial charge in [0, 0.05) is 39.8 Å². The Morgan fingerprint density at radius 3 is 2.02 bits per heavy atom. The normalized spacial score (nSPS) is 40.1. The third-order valence-electron chi connectivity index (χ3n) is 11.3. The molecule has 12 nitrogen and oxygen atoms in total. The lowest BCUT2D eigenvalue weighted by Crippen LogP contribution is -2.63. The summed E-state index contributed by atoms with van der Waals surface area (Å²) in [5, 5.41) is 11.1. The largest absolute Gasteiger partial charge is 0.378 e. The number of hydrogen-bond acceptors (Lipinski definition) is 6. The fraction of sp³-hybridized carbons (Fsp3) is 1.00. The van der Waals surface area contributed by atoms with E-state index in [-0.39, 0.29) is 29.1 Å². The molecule has 0 spiro atoms. The molecule has 0 aromatic rings. The topological polar surface area (TPSA) is 174 Å². The van der Waals surface area contributed by atoms with E-state index in [1.807, 2.05) is 0 Å². The van der Waals surface area contributed by atoms with Crippen LogP contribution < -0.4 is 0 Å². The predicted molar refractivity (Wildman–Crippen MR) is 152 cm³/mol. The molecule has 0 N–H and O–H groups in total. The molecule has 10 atom stereocenters. The van der Waals surface area contributed by atoms with E-state index in [9.17, 15) is 0 Å². The first kappa shape index (κ1) is 30.8. The highest BCUT2D eigenvalue weighted by molar-refractivity contribution is 5.15. The lowest BCUT2D eigenvalue weighted by atomic mass is 9.43.